The molecule has 2 N–H and O–H groups in total. The second kappa shape index (κ2) is 3.74. The molecule has 0 bridgehead atoms. The monoisotopic (exact) mass is 253 g/mol. The minimum absolute atomic E-state index is 0.0302. The van der Waals surface area contributed by atoms with E-state index in [0.717, 1.165) is 19.1 Å². The van der Waals surface area contributed by atoms with Gasteiger partial charge < -0.3 is 0 Å². The Hall–Kier alpha value is -1.08. The van der Waals surface area contributed by atoms with E-state index in [-0.39, 0.29) is 11.1 Å². The van der Waals surface area contributed by atoms with Crippen LogP contribution in [-0.2, 0) is 16.2 Å². The molecule has 0 radical (unpaired) electrons. The maximum Gasteiger partial charge on any atom is 0.416 e. The van der Waals surface area contributed by atoms with Crippen molar-refractivity contribution in [3.8, 4) is 0 Å². The van der Waals surface area contributed by atoms with Crippen LogP contribution in [0, 0.1) is 13.8 Å². The van der Waals surface area contributed by atoms with Gasteiger partial charge in [-0.2, -0.15) is 13.2 Å². The lowest BCUT2D eigenvalue weighted by molar-refractivity contribution is -0.138. The van der Waals surface area contributed by atoms with Gasteiger partial charge in [0, 0.05) is 0 Å². The molecule has 0 amide bonds. The van der Waals surface area contributed by atoms with Crippen LogP contribution in [0.2, 0.25) is 0 Å². The fourth-order valence-electron chi connectivity index (χ4n) is 1.57. The fourth-order valence-corrected chi connectivity index (χ4v) is 2.36. The van der Waals surface area contributed by atoms with Gasteiger partial charge in [-0.1, -0.05) is 6.07 Å². The molecule has 0 saturated heterocycles. The summed E-state index contributed by atoms with van der Waals surface area (Å²) < 4.78 is 60.0. The highest BCUT2D eigenvalue weighted by Crippen LogP contribution is 2.36. The van der Waals surface area contributed by atoms with Crippen molar-refractivity contribution in [3.63, 3.8) is 0 Å². The lowest BCUT2D eigenvalue weighted by Crippen LogP contribution is -2.18. The van der Waals surface area contributed by atoms with Gasteiger partial charge in [-0.15, -0.1) is 0 Å². The molecule has 0 spiro atoms. The van der Waals surface area contributed by atoms with Crippen molar-refractivity contribution in [2.24, 2.45) is 5.14 Å². The summed E-state index contributed by atoms with van der Waals surface area (Å²) in [7, 11) is -4.13. The van der Waals surface area contributed by atoms with Crippen molar-refractivity contribution in [3.05, 3.63) is 28.8 Å². The lowest BCUT2D eigenvalue weighted by atomic mass is 10.0. The van der Waals surface area contributed by atoms with E-state index in [4.69, 9.17) is 5.14 Å². The number of hydrogen-bond acceptors (Lipinski definition) is 2. The first-order valence-electron chi connectivity index (χ1n) is 4.25. The zero-order valence-corrected chi connectivity index (χ0v) is 9.41. The van der Waals surface area contributed by atoms with Crippen LogP contribution in [-0.4, -0.2) is 8.42 Å². The molecule has 0 aromatic heterocycles. The Kier molecular flexibility index (Phi) is 3.04. The van der Waals surface area contributed by atoms with E-state index < -0.39 is 26.7 Å². The Morgan fingerprint density at radius 2 is 1.69 bits per heavy atom. The minimum atomic E-state index is -4.59. The van der Waals surface area contributed by atoms with Crippen molar-refractivity contribution in [1.82, 2.24) is 0 Å². The second-order valence-corrected chi connectivity index (χ2v) is 4.95. The third-order valence-corrected chi connectivity index (χ3v) is 3.27. The quantitative estimate of drug-likeness (QED) is 0.831. The normalized spacial score (nSPS) is 12.9. The van der Waals surface area contributed by atoms with E-state index in [9.17, 15) is 21.6 Å². The topological polar surface area (TPSA) is 60.2 Å². The molecule has 0 aliphatic rings. The van der Waals surface area contributed by atoms with Crippen LogP contribution in [0.1, 0.15) is 16.7 Å². The lowest BCUT2D eigenvalue weighted by Gasteiger charge is -2.15. The van der Waals surface area contributed by atoms with Crippen molar-refractivity contribution in [2.45, 2.75) is 24.9 Å². The number of primary sulfonamides is 1. The molecule has 0 fully saturated rings. The van der Waals surface area contributed by atoms with Gasteiger partial charge in [0.15, 0.2) is 0 Å². The van der Waals surface area contributed by atoms with Crippen LogP contribution in [0.5, 0.6) is 0 Å². The molecular formula is C9H10F3NO2S. The molecule has 0 heterocycles. The number of hydrogen-bond donors (Lipinski definition) is 1. The van der Waals surface area contributed by atoms with E-state index in [1.165, 1.54) is 6.92 Å². The van der Waals surface area contributed by atoms with Crippen molar-refractivity contribution < 1.29 is 21.6 Å². The maximum absolute atomic E-state index is 12.6. The van der Waals surface area contributed by atoms with Gasteiger partial charge in [0.1, 0.15) is 0 Å². The van der Waals surface area contributed by atoms with Gasteiger partial charge in [-0.05, 0) is 31.0 Å². The first kappa shape index (κ1) is 13.0. The third kappa shape index (κ3) is 2.35. The van der Waals surface area contributed by atoms with Gasteiger partial charge in [-0.25, -0.2) is 13.6 Å². The van der Waals surface area contributed by atoms with E-state index in [1.807, 2.05) is 0 Å². The first-order chi connectivity index (χ1) is 7.05. The molecule has 3 nitrogen and oxygen atoms in total. The van der Waals surface area contributed by atoms with E-state index in [1.54, 1.807) is 0 Å². The summed E-state index contributed by atoms with van der Waals surface area (Å²) in [6, 6.07) is 2.17. The standard InChI is InChI=1S/C9H10F3NO2S/c1-5-3-4-7(16(13,14)15)6(2)8(5)9(10,11)12/h3-4H,1-2H3,(H2,13,14,15). The number of nitrogens with two attached hydrogens (primary N) is 1. The molecule has 1 rings (SSSR count). The Balaban J connectivity index is 3.65. The number of aryl methyl sites for hydroxylation is 1. The first-order valence-corrected chi connectivity index (χ1v) is 5.80. The number of rotatable bonds is 1. The molecule has 1 aromatic carbocycles. The highest BCUT2D eigenvalue weighted by atomic mass is 32.2. The molecule has 1 aromatic rings. The molecule has 0 unspecified atom stereocenters. The molecule has 0 aliphatic carbocycles. The Bertz CT molecular complexity index is 520. The van der Waals surface area contributed by atoms with E-state index in [0.29, 0.717) is 0 Å². The van der Waals surface area contributed by atoms with Gasteiger partial charge in [0.2, 0.25) is 10.0 Å². The van der Waals surface area contributed by atoms with Crippen LogP contribution in [0.4, 0.5) is 13.2 Å². The molecule has 0 saturated carbocycles. The summed E-state index contributed by atoms with van der Waals surface area (Å²) in [6.45, 7) is 2.36. The van der Waals surface area contributed by atoms with Crippen LogP contribution in [0.25, 0.3) is 0 Å². The molecule has 90 valence electrons. The summed E-state index contributed by atoms with van der Waals surface area (Å²) in [5.74, 6) is 0. The summed E-state index contributed by atoms with van der Waals surface area (Å²) in [4.78, 5) is -0.495. The summed E-state index contributed by atoms with van der Waals surface area (Å²) in [5, 5.41) is 4.82. The van der Waals surface area contributed by atoms with Gasteiger partial charge >= 0.3 is 6.18 Å². The predicted molar refractivity (Wildman–Crippen MR) is 52.3 cm³/mol. The van der Waals surface area contributed by atoms with E-state index in [2.05, 4.69) is 0 Å². The zero-order chi connectivity index (χ0) is 12.7. The van der Waals surface area contributed by atoms with Gasteiger partial charge in [0.25, 0.3) is 0 Å². The average molecular weight is 253 g/mol. The average Bonchev–Trinajstić information content (AvgIpc) is 1.97. The number of sulfonamides is 1. The Morgan fingerprint density at radius 3 is 2.06 bits per heavy atom. The molecule has 0 aliphatic heterocycles. The molecule has 0 atom stereocenters. The van der Waals surface area contributed by atoms with Gasteiger partial charge in [-0.3, -0.25) is 0 Å². The Labute approximate surface area is 91.1 Å². The fraction of sp³-hybridized carbons (Fsp3) is 0.333. The van der Waals surface area contributed by atoms with Crippen LogP contribution >= 0.6 is 0 Å². The maximum atomic E-state index is 12.6. The largest absolute Gasteiger partial charge is 0.416 e. The summed E-state index contributed by atoms with van der Waals surface area (Å²) >= 11 is 0. The Morgan fingerprint density at radius 1 is 1.19 bits per heavy atom. The van der Waals surface area contributed by atoms with Crippen LogP contribution in [0.3, 0.4) is 0 Å². The van der Waals surface area contributed by atoms with Gasteiger partial charge in [0.05, 0.1) is 10.5 Å². The number of halogens is 3. The van der Waals surface area contributed by atoms with Crippen molar-refractivity contribution in [2.75, 3.05) is 0 Å². The number of benzene rings is 1. The molecule has 16 heavy (non-hydrogen) atoms. The summed E-state index contributed by atoms with van der Waals surface area (Å²) in [5.41, 5.74) is -1.34. The third-order valence-electron chi connectivity index (χ3n) is 2.21. The number of alkyl halides is 3. The molecule has 7 heteroatoms. The second-order valence-electron chi connectivity index (χ2n) is 3.42. The van der Waals surface area contributed by atoms with Crippen LogP contribution < -0.4 is 5.14 Å². The highest BCUT2D eigenvalue weighted by molar-refractivity contribution is 7.89. The highest BCUT2D eigenvalue weighted by Gasteiger charge is 2.36. The smallest absolute Gasteiger partial charge is 0.225 e. The van der Waals surface area contributed by atoms with Crippen LogP contribution in [0.15, 0.2) is 17.0 Å². The molecular weight excluding hydrogens is 243 g/mol. The minimum Gasteiger partial charge on any atom is -0.225 e. The predicted octanol–water partition coefficient (Wildman–Crippen LogP) is 1.97. The summed E-state index contributed by atoms with van der Waals surface area (Å²) in [6.07, 6.45) is -4.59. The SMILES string of the molecule is Cc1ccc(S(N)(=O)=O)c(C)c1C(F)(F)F. The van der Waals surface area contributed by atoms with Crippen molar-refractivity contribution >= 4 is 10.0 Å². The zero-order valence-electron chi connectivity index (χ0n) is 8.59. The van der Waals surface area contributed by atoms with Crippen molar-refractivity contribution in [1.29, 1.82) is 0 Å². The van der Waals surface area contributed by atoms with E-state index >= 15 is 0 Å².